The molecule has 1 atom stereocenters. The largest absolute Gasteiger partial charge is 0.347 e. The maximum absolute atomic E-state index is 12.1. The van der Waals surface area contributed by atoms with Crippen LogP contribution in [0.15, 0.2) is 12.3 Å². The zero-order valence-electron chi connectivity index (χ0n) is 10.9. The van der Waals surface area contributed by atoms with Gasteiger partial charge in [0.1, 0.15) is 0 Å². The first-order valence-electron chi connectivity index (χ1n) is 6.14. The van der Waals surface area contributed by atoms with Crippen molar-refractivity contribution in [2.24, 2.45) is 0 Å². The van der Waals surface area contributed by atoms with Crippen LogP contribution in [0.25, 0.3) is 0 Å². The molecule has 0 radical (unpaired) electrons. The summed E-state index contributed by atoms with van der Waals surface area (Å²) >= 11 is 6.03. The molecule has 1 aromatic heterocycles. The minimum Gasteiger partial charge on any atom is -0.347 e. The van der Waals surface area contributed by atoms with E-state index in [9.17, 15) is 9.59 Å². The third-order valence-electron chi connectivity index (χ3n) is 3.20. The minimum atomic E-state index is -0.245. The van der Waals surface area contributed by atoms with Gasteiger partial charge in [0.15, 0.2) is 0 Å². The van der Waals surface area contributed by atoms with Gasteiger partial charge in [-0.25, -0.2) is 0 Å². The highest BCUT2D eigenvalue weighted by Gasteiger charge is 2.25. The van der Waals surface area contributed by atoms with Gasteiger partial charge >= 0.3 is 0 Å². The first-order chi connectivity index (χ1) is 8.97. The summed E-state index contributed by atoms with van der Waals surface area (Å²) in [5, 5.41) is 3.28. The van der Waals surface area contributed by atoms with Gasteiger partial charge in [0.2, 0.25) is 5.91 Å². The molecule has 2 rings (SSSR count). The zero-order valence-corrected chi connectivity index (χ0v) is 11.7. The van der Waals surface area contributed by atoms with Crippen molar-refractivity contribution in [3.05, 3.63) is 28.5 Å². The Morgan fingerprint density at radius 1 is 1.58 bits per heavy atom. The predicted octanol–water partition coefficient (Wildman–Crippen LogP) is 1.39. The number of hydrogen-bond acceptors (Lipinski definition) is 3. The van der Waals surface area contributed by atoms with Crippen molar-refractivity contribution in [2.45, 2.75) is 25.8 Å². The molecule has 2 amide bonds. The molecular formula is C13H16ClN3O2. The molecule has 1 saturated heterocycles. The van der Waals surface area contributed by atoms with Gasteiger partial charge in [-0.3, -0.25) is 14.6 Å². The number of rotatable bonds is 2. The van der Waals surface area contributed by atoms with E-state index < -0.39 is 0 Å². The second kappa shape index (κ2) is 5.57. The molecule has 1 aromatic rings. The number of carbonyl (C=O) groups is 2. The van der Waals surface area contributed by atoms with Crippen molar-refractivity contribution >= 4 is 23.4 Å². The highest BCUT2D eigenvalue weighted by Crippen LogP contribution is 2.17. The molecule has 19 heavy (non-hydrogen) atoms. The smallest absolute Gasteiger partial charge is 0.254 e. The lowest BCUT2D eigenvalue weighted by atomic mass is 10.1. The Labute approximate surface area is 117 Å². The van der Waals surface area contributed by atoms with Gasteiger partial charge in [-0.15, -0.1) is 0 Å². The van der Waals surface area contributed by atoms with E-state index in [0.717, 1.165) is 5.69 Å². The highest BCUT2D eigenvalue weighted by atomic mass is 35.5. The number of amides is 2. The maximum Gasteiger partial charge on any atom is 0.254 e. The van der Waals surface area contributed by atoms with Crippen LogP contribution < -0.4 is 5.32 Å². The molecule has 0 aromatic carbocycles. The average Bonchev–Trinajstić information content (AvgIpc) is 2.33. The molecule has 102 valence electrons. The van der Waals surface area contributed by atoms with Crippen molar-refractivity contribution in [3.63, 3.8) is 0 Å². The molecule has 1 N–H and O–H groups in total. The summed E-state index contributed by atoms with van der Waals surface area (Å²) < 4.78 is 0. The fourth-order valence-electron chi connectivity index (χ4n) is 2.09. The summed E-state index contributed by atoms with van der Waals surface area (Å²) in [6, 6.07) is 1.63. The van der Waals surface area contributed by atoms with Gasteiger partial charge in [0.05, 0.1) is 10.6 Å². The topological polar surface area (TPSA) is 62.3 Å². The molecule has 5 nitrogen and oxygen atoms in total. The number of carbonyl (C=O) groups excluding carboxylic acids is 2. The second-order valence-corrected chi connectivity index (χ2v) is 5.20. The molecule has 1 aliphatic heterocycles. The van der Waals surface area contributed by atoms with Crippen LogP contribution in [0.5, 0.6) is 0 Å². The van der Waals surface area contributed by atoms with E-state index in [1.165, 1.54) is 6.20 Å². The Bertz CT molecular complexity index is 519. The quantitative estimate of drug-likeness (QED) is 0.891. The molecule has 0 aliphatic carbocycles. The van der Waals surface area contributed by atoms with Crippen molar-refractivity contribution < 1.29 is 9.59 Å². The van der Waals surface area contributed by atoms with Crippen LogP contribution in [0.3, 0.4) is 0 Å². The molecule has 0 spiro atoms. The lowest BCUT2D eigenvalue weighted by Gasteiger charge is -2.30. The summed E-state index contributed by atoms with van der Waals surface area (Å²) in [5.41, 5.74) is 1.14. The molecule has 2 heterocycles. The summed E-state index contributed by atoms with van der Waals surface area (Å²) in [4.78, 5) is 29.2. The van der Waals surface area contributed by atoms with Gasteiger partial charge in [-0.1, -0.05) is 11.6 Å². The molecule has 1 aliphatic rings. The number of likely N-dealkylation sites (tertiary alicyclic amines) is 1. The Kier molecular flexibility index (Phi) is 4.04. The Morgan fingerprint density at radius 3 is 2.95 bits per heavy atom. The summed E-state index contributed by atoms with van der Waals surface area (Å²) in [5.74, 6) is -0.134. The average molecular weight is 282 g/mol. The van der Waals surface area contributed by atoms with Crippen LogP contribution in [0.2, 0.25) is 5.02 Å². The van der Waals surface area contributed by atoms with Gasteiger partial charge in [0.25, 0.3) is 5.91 Å². The minimum absolute atomic E-state index is 0.0347. The molecular weight excluding hydrogens is 266 g/mol. The number of aryl methyl sites for hydroxylation is 1. The van der Waals surface area contributed by atoms with Gasteiger partial charge in [-0.2, -0.15) is 0 Å². The third kappa shape index (κ3) is 3.23. The monoisotopic (exact) mass is 281 g/mol. The number of pyridine rings is 1. The number of halogens is 1. The van der Waals surface area contributed by atoms with E-state index in [4.69, 9.17) is 11.6 Å². The first-order valence-corrected chi connectivity index (χ1v) is 6.52. The molecule has 1 fully saturated rings. The summed E-state index contributed by atoms with van der Waals surface area (Å²) in [6.07, 6.45) is 2.60. The van der Waals surface area contributed by atoms with E-state index in [1.807, 2.05) is 6.92 Å². The fourth-order valence-corrected chi connectivity index (χ4v) is 2.38. The Balaban J connectivity index is 2.03. The van der Waals surface area contributed by atoms with Crippen LogP contribution in [-0.2, 0) is 4.79 Å². The Hall–Kier alpha value is -1.62. The zero-order chi connectivity index (χ0) is 14.0. The lowest BCUT2D eigenvalue weighted by molar-refractivity contribution is -0.132. The number of nitrogens with one attached hydrogen (secondary N) is 1. The normalized spacial score (nSPS) is 19.4. The summed E-state index contributed by atoms with van der Waals surface area (Å²) in [7, 11) is 1.74. The lowest BCUT2D eigenvalue weighted by Crippen LogP contribution is -2.48. The van der Waals surface area contributed by atoms with Crippen molar-refractivity contribution in [1.29, 1.82) is 0 Å². The molecule has 0 bridgehead atoms. The van der Waals surface area contributed by atoms with Crippen LogP contribution >= 0.6 is 11.6 Å². The molecule has 1 unspecified atom stereocenters. The van der Waals surface area contributed by atoms with Crippen LogP contribution in [0.4, 0.5) is 0 Å². The van der Waals surface area contributed by atoms with Gasteiger partial charge < -0.3 is 10.2 Å². The third-order valence-corrected chi connectivity index (χ3v) is 3.51. The van der Waals surface area contributed by atoms with Crippen molar-refractivity contribution in [2.75, 3.05) is 13.6 Å². The van der Waals surface area contributed by atoms with E-state index >= 15 is 0 Å². The first kappa shape index (κ1) is 13.8. The molecule has 6 heteroatoms. The van der Waals surface area contributed by atoms with Gasteiger partial charge in [-0.05, 0) is 19.4 Å². The predicted molar refractivity (Wildman–Crippen MR) is 72.1 cm³/mol. The standard InChI is InChI=1S/C13H16ClN3O2/c1-8-5-11(14)10(6-15-8)13(19)16-9-3-4-12(18)17(2)7-9/h5-6,9H,3-4,7H2,1-2H3,(H,16,19). The van der Waals surface area contributed by atoms with E-state index in [0.29, 0.717) is 30.0 Å². The SMILES string of the molecule is Cc1cc(Cl)c(C(=O)NC2CCC(=O)N(C)C2)cn1. The van der Waals surface area contributed by atoms with Crippen LogP contribution in [0, 0.1) is 6.92 Å². The maximum atomic E-state index is 12.1. The number of piperidine rings is 1. The number of nitrogens with zero attached hydrogens (tertiary/aromatic N) is 2. The van der Waals surface area contributed by atoms with E-state index in [-0.39, 0.29) is 17.9 Å². The van der Waals surface area contributed by atoms with Crippen LogP contribution in [0.1, 0.15) is 28.9 Å². The van der Waals surface area contributed by atoms with Crippen molar-refractivity contribution in [1.82, 2.24) is 15.2 Å². The second-order valence-electron chi connectivity index (χ2n) is 4.79. The highest BCUT2D eigenvalue weighted by molar-refractivity contribution is 6.33. The number of aromatic nitrogens is 1. The van der Waals surface area contributed by atoms with E-state index in [2.05, 4.69) is 10.3 Å². The van der Waals surface area contributed by atoms with E-state index in [1.54, 1.807) is 18.0 Å². The fraction of sp³-hybridized carbons (Fsp3) is 0.462. The summed E-state index contributed by atoms with van der Waals surface area (Å²) in [6.45, 7) is 2.34. The molecule has 0 saturated carbocycles. The van der Waals surface area contributed by atoms with Crippen molar-refractivity contribution in [3.8, 4) is 0 Å². The van der Waals surface area contributed by atoms with Crippen LogP contribution in [-0.4, -0.2) is 41.3 Å². The van der Waals surface area contributed by atoms with Gasteiger partial charge in [0, 0.05) is 37.9 Å². The number of likely N-dealkylation sites (N-methyl/N-ethyl adjacent to an activating group) is 1. The Morgan fingerprint density at radius 2 is 2.32 bits per heavy atom. The number of hydrogen-bond donors (Lipinski definition) is 1.